The fourth-order valence-electron chi connectivity index (χ4n) is 4.62. The van der Waals surface area contributed by atoms with E-state index in [4.69, 9.17) is 5.39 Å². The average Bonchev–Trinajstić information content (AvgIpc) is 2.15. The van der Waals surface area contributed by atoms with Gasteiger partial charge in [-0.1, -0.05) is 0 Å². The van der Waals surface area contributed by atoms with Crippen LogP contribution in [0.15, 0.2) is 12.0 Å². The molecule has 4 aliphatic carbocycles. The molecule has 15 heavy (non-hydrogen) atoms. The minimum absolute atomic E-state index is 0.0268. The Morgan fingerprint density at radius 2 is 1.60 bits per heavy atom. The Bertz CT molecular complexity index is 318. The van der Waals surface area contributed by atoms with E-state index in [2.05, 4.69) is 4.98 Å². The lowest BCUT2D eigenvalue weighted by atomic mass is 9.49. The van der Waals surface area contributed by atoms with Crippen molar-refractivity contribution in [2.45, 2.75) is 38.5 Å². The zero-order chi connectivity index (χ0) is 10.5. The summed E-state index contributed by atoms with van der Waals surface area (Å²) in [6.07, 6.45) is 8.66. The highest BCUT2D eigenvalue weighted by Crippen LogP contribution is 2.62. The predicted molar refractivity (Wildman–Crippen MR) is 56.4 cm³/mol. The molecule has 0 aromatic carbocycles. The molecule has 4 rings (SSSR count). The normalized spacial score (nSPS) is 47.9. The van der Waals surface area contributed by atoms with Crippen molar-refractivity contribution >= 4 is 0 Å². The summed E-state index contributed by atoms with van der Waals surface area (Å²) in [6.45, 7) is 0. The molecule has 80 valence electrons. The van der Waals surface area contributed by atoms with Crippen LogP contribution >= 0.6 is 0 Å². The number of nitrogens with zero attached hydrogens (tertiary/aromatic N) is 2. The summed E-state index contributed by atoms with van der Waals surface area (Å²) in [5.74, 6) is 2.76. The molecule has 0 heterocycles. The molecule has 0 atom stereocenters. The van der Waals surface area contributed by atoms with E-state index < -0.39 is 0 Å². The molecule has 4 bridgehead atoms. The second-order valence-corrected chi connectivity index (χ2v) is 5.83. The largest absolute Gasteiger partial charge is 0.505 e. The van der Waals surface area contributed by atoms with Gasteiger partial charge in [-0.25, -0.2) is 0 Å². The summed E-state index contributed by atoms with van der Waals surface area (Å²) in [5.41, 5.74) is -0.0268. The summed E-state index contributed by atoms with van der Waals surface area (Å²) >= 11 is 0. The first-order chi connectivity index (χ1) is 7.22. The summed E-state index contributed by atoms with van der Waals surface area (Å²) in [4.78, 5) is 2.98. The Morgan fingerprint density at radius 3 is 2.00 bits per heavy atom. The molecule has 3 nitrogen and oxygen atoms in total. The molecule has 3 heteroatoms. The Kier molecular flexibility index (Phi) is 1.83. The summed E-state index contributed by atoms with van der Waals surface area (Å²) < 4.78 is 0. The maximum absolute atomic E-state index is 10.0. The fraction of sp³-hybridized carbons (Fsp3) is 0.833. The molecule has 4 aliphatic rings. The predicted octanol–water partition coefficient (Wildman–Crippen LogP) is 3.46. The van der Waals surface area contributed by atoms with Crippen LogP contribution in [0.2, 0.25) is 0 Å². The van der Waals surface area contributed by atoms with Crippen LogP contribution in [0.4, 0.5) is 0 Å². The molecule has 4 saturated carbocycles. The van der Waals surface area contributed by atoms with Crippen LogP contribution < -0.4 is 0 Å². The van der Waals surface area contributed by atoms with Gasteiger partial charge in [0.25, 0.3) is 0 Å². The van der Waals surface area contributed by atoms with Crippen LogP contribution in [0.5, 0.6) is 0 Å². The van der Waals surface area contributed by atoms with E-state index in [1.165, 1.54) is 25.5 Å². The molecule has 1 N–H and O–H groups in total. The molecule has 0 aromatic rings. The molecule has 0 unspecified atom stereocenters. The number of allylic oxidation sites excluding steroid dienone is 1. The molecule has 0 aromatic heterocycles. The summed E-state index contributed by atoms with van der Waals surface area (Å²) in [7, 11) is 0. The van der Waals surface area contributed by atoms with Crippen LogP contribution in [0.1, 0.15) is 38.5 Å². The lowest BCUT2D eigenvalue weighted by molar-refractivity contribution is -0.0505. The number of rotatable bonds is 1. The van der Waals surface area contributed by atoms with Gasteiger partial charge in [-0.3, -0.25) is 0 Å². The molecular formula is C12H17N2O+. The van der Waals surface area contributed by atoms with Crippen molar-refractivity contribution in [3.63, 3.8) is 0 Å². The zero-order valence-electron chi connectivity index (χ0n) is 8.89. The number of aliphatic hydroxyl groups is 1. The van der Waals surface area contributed by atoms with Gasteiger partial charge >= 0.3 is 6.20 Å². The molecular weight excluding hydrogens is 188 g/mol. The molecule has 4 fully saturated rings. The Morgan fingerprint density at radius 1 is 1.13 bits per heavy atom. The standard InChI is InChI=1S/C12H16N2O/c13-14-7-11(15)12-4-8-1-9(5-12)3-10(2-8)6-12/h7-10H,1-6H2/p+1. The van der Waals surface area contributed by atoms with Crippen molar-refractivity contribution in [2.24, 2.45) is 23.2 Å². The van der Waals surface area contributed by atoms with Gasteiger partial charge in [-0.05, 0) is 56.3 Å². The van der Waals surface area contributed by atoms with Crippen LogP contribution in [0.25, 0.3) is 4.98 Å². The lowest BCUT2D eigenvalue weighted by Crippen LogP contribution is -2.46. The third-order valence-corrected chi connectivity index (χ3v) is 4.76. The van der Waals surface area contributed by atoms with Gasteiger partial charge in [0.1, 0.15) is 0 Å². The smallest absolute Gasteiger partial charge is 0.387 e. The first kappa shape index (κ1) is 9.21. The summed E-state index contributed by atoms with van der Waals surface area (Å²) in [6, 6.07) is 0. The van der Waals surface area contributed by atoms with E-state index in [-0.39, 0.29) is 5.41 Å². The van der Waals surface area contributed by atoms with E-state index in [0.29, 0.717) is 5.76 Å². The molecule has 0 radical (unpaired) electrons. The fourth-order valence-corrected chi connectivity index (χ4v) is 4.62. The third kappa shape index (κ3) is 1.27. The van der Waals surface area contributed by atoms with Crippen LogP contribution in [-0.2, 0) is 0 Å². The summed E-state index contributed by atoms with van der Waals surface area (Å²) in [5, 5.41) is 18.5. The topological polar surface area (TPSA) is 48.4 Å². The molecule has 0 spiro atoms. The van der Waals surface area contributed by atoms with Crippen molar-refractivity contribution in [2.75, 3.05) is 0 Å². The average molecular weight is 205 g/mol. The Hall–Kier alpha value is -1.04. The highest BCUT2D eigenvalue weighted by atomic mass is 16.3. The van der Waals surface area contributed by atoms with Crippen LogP contribution in [0, 0.1) is 28.6 Å². The second-order valence-electron chi connectivity index (χ2n) is 5.83. The number of diazo groups is 1. The van der Waals surface area contributed by atoms with E-state index >= 15 is 0 Å². The van der Waals surface area contributed by atoms with Gasteiger partial charge in [0.15, 0.2) is 10.7 Å². The van der Waals surface area contributed by atoms with Gasteiger partial charge in [-0.2, -0.15) is 0 Å². The zero-order valence-corrected chi connectivity index (χ0v) is 8.89. The highest BCUT2D eigenvalue weighted by Gasteiger charge is 2.53. The first-order valence-corrected chi connectivity index (χ1v) is 5.96. The highest BCUT2D eigenvalue weighted by molar-refractivity contribution is 5.16. The molecule has 0 aliphatic heterocycles. The van der Waals surface area contributed by atoms with E-state index in [9.17, 15) is 5.11 Å². The number of hydrogen-bond donors (Lipinski definition) is 1. The molecule has 0 saturated heterocycles. The number of aliphatic hydroxyl groups excluding tert-OH is 1. The third-order valence-electron chi connectivity index (χ3n) is 4.76. The van der Waals surface area contributed by atoms with Gasteiger partial charge in [0.05, 0.1) is 0 Å². The maximum Gasteiger partial charge on any atom is 0.387 e. The van der Waals surface area contributed by atoms with Gasteiger partial charge < -0.3 is 5.11 Å². The minimum atomic E-state index is -0.0268. The van der Waals surface area contributed by atoms with Crippen molar-refractivity contribution < 1.29 is 5.11 Å². The van der Waals surface area contributed by atoms with Crippen molar-refractivity contribution in [3.05, 3.63) is 16.9 Å². The van der Waals surface area contributed by atoms with Gasteiger partial charge in [0, 0.05) is 5.41 Å². The monoisotopic (exact) mass is 205 g/mol. The SMILES string of the molecule is N#[N+]C=C(O)C12CC3CC(CC(C3)C1)C2. The van der Waals surface area contributed by atoms with E-state index in [0.717, 1.165) is 37.0 Å². The first-order valence-electron chi connectivity index (χ1n) is 5.96. The Balaban J connectivity index is 1.94. The number of hydrogen-bond acceptors (Lipinski definition) is 2. The quantitative estimate of drug-likeness (QED) is 0.526. The van der Waals surface area contributed by atoms with Crippen LogP contribution in [0.3, 0.4) is 0 Å². The van der Waals surface area contributed by atoms with Crippen molar-refractivity contribution in [3.8, 4) is 0 Å². The van der Waals surface area contributed by atoms with Crippen LogP contribution in [-0.4, -0.2) is 5.11 Å². The van der Waals surface area contributed by atoms with Gasteiger partial charge in [-0.15, -0.1) is 0 Å². The van der Waals surface area contributed by atoms with Gasteiger partial charge in [0.2, 0.25) is 5.39 Å². The lowest BCUT2D eigenvalue weighted by Gasteiger charge is -2.55. The minimum Gasteiger partial charge on any atom is -0.505 e. The Labute approximate surface area is 89.8 Å². The molecule has 0 amide bonds. The van der Waals surface area contributed by atoms with Crippen molar-refractivity contribution in [1.29, 1.82) is 5.39 Å². The van der Waals surface area contributed by atoms with E-state index in [1.54, 1.807) is 0 Å². The second kappa shape index (κ2) is 2.98. The van der Waals surface area contributed by atoms with E-state index in [1.807, 2.05) is 0 Å². The van der Waals surface area contributed by atoms with Crippen molar-refractivity contribution in [1.82, 2.24) is 0 Å². The maximum atomic E-state index is 10.0.